The highest BCUT2D eigenvalue weighted by molar-refractivity contribution is 5.80. The second-order valence-electron chi connectivity index (χ2n) is 8.37. The zero-order valence-corrected chi connectivity index (χ0v) is 18.6. The Hall–Kier alpha value is -3.54. The molecule has 2 aromatic carbocycles. The average molecular weight is 426 g/mol. The molecular weight excluding hydrogens is 398 g/mol. The largest absolute Gasteiger partial charge is 0.488 e. The number of nitrogens with one attached hydrogen (secondary N) is 1. The summed E-state index contributed by atoms with van der Waals surface area (Å²) in [5.74, 6) is 1.61. The Bertz CT molecular complexity index is 1220. The predicted molar refractivity (Wildman–Crippen MR) is 124 cm³/mol. The molecule has 0 unspecified atom stereocenters. The number of hydrogen-bond donors (Lipinski definition) is 1. The summed E-state index contributed by atoms with van der Waals surface area (Å²) in [6, 6.07) is 17.0. The number of aryl methyl sites for hydroxylation is 3. The minimum atomic E-state index is 0.547. The molecule has 0 fully saturated rings. The SMILES string of the molecule is CCc1cc(OCc2ccc(-c3ccc(C)cc3-c3nn[nH]n3)cc2)c2c(n1)CCCC2. The first-order valence-corrected chi connectivity index (χ1v) is 11.3. The van der Waals surface area contributed by atoms with Gasteiger partial charge in [-0.25, -0.2) is 0 Å². The topological polar surface area (TPSA) is 76.6 Å². The van der Waals surface area contributed by atoms with E-state index in [4.69, 9.17) is 9.72 Å². The summed E-state index contributed by atoms with van der Waals surface area (Å²) in [5, 5.41) is 14.6. The zero-order valence-electron chi connectivity index (χ0n) is 18.6. The number of H-pyrrole nitrogens is 1. The number of tetrazole rings is 1. The highest BCUT2D eigenvalue weighted by Crippen LogP contribution is 2.32. The van der Waals surface area contributed by atoms with Gasteiger partial charge in [-0.3, -0.25) is 4.98 Å². The van der Waals surface area contributed by atoms with Crippen LogP contribution in [0.5, 0.6) is 5.75 Å². The molecule has 1 aliphatic rings. The second-order valence-corrected chi connectivity index (χ2v) is 8.37. The van der Waals surface area contributed by atoms with E-state index in [2.05, 4.69) is 83.0 Å². The van der Waals surface area contributed by atoms with Crippen molar-refractivity contribution < 1.29 is 4.74 Å². The Morgan fingerprint density at radius 3 is 2.59 bits per heavy atom. The van der Waals surface area contributed by atoms with Crippen LogP contribution in [-0.4, -0.2) is 25.6 Å². The molecule has 5 rings (SSSR count). The van der Waals surface area contributed by atoms with Crippen molar-refractivity contribution in [2.75, 3.05) is 0 Å². The van der Waals surface area contributed by atoms with Crippen LogP contribution in [0.15, 0.2) is 48.5 Å². The number of aromatic amines is 1. The summed E-state index contributed by atoms with van der Waals surface area (Å²) < 4.78 is 6.30. The van der Waals surface area contributed by atoms with Gasteiger partial charge in [-0.15, -0.1) is 10.2 Å². The van der Waals surface area contributed by atoms with Crippen LogP contribution in [0.2, 0.25) is 0 Å². The summed E-state index contributed by atoms with van der Waals surface area (Å²) in [5.41, 5.74) is 9.11. The lowest BCUT2D eigenvalue weighted by Crippen LogP contribution is -2.10. The van der Waals surface area contributed by atoms with Crippen molar-refractivity contribution in [1.82, 2.24) is 25.6 Å². The lowest BCUT2D eigenvalue weighted by Gasteiger charge is -2.20. The highest BCUT2D eigenvalue weighted by atomic mass is 16.5. The van der Waals surface area contributed by atoms with Gasteiger partial charge in [-0.2, -0.15) is 5.21 Å². The van der Waals surface area contributed by atoms with E-state index in [0.717, 1.165) is 58.5 Å². The monoisotopic (exact) mass is 425 g/mol. The first-order valence-electron chi connectivity index (χ1n) is 11.3. The number of hydrogen-bond acceptors (Lipinski definition) is 5. The third-order valence-electron chi connectivity index (χ3n) is 6.10. The van der Waals surface area contributed by atoms with E-state index in [-0.39, 0.29) is 0 Å². The Kier molecular flexibility index (Phi) is 5.67. The van der Waals surface area contributed by atoms with Crippen LogP contribution in [0.3, 0.4) is 0 Å². The number of fused-ring (bicyclic) bond motifs is 1. The normalized spacial score (nSPS) is 13.1. The van der Waals surface area contributed by atoms with E-state index in [9.17, 15) is 0 Å². The van der Waals surface area contributed by atoms with E-state index in [1.807, 2.05) is 0 Å². The molecule has 0 radical (unpaired) electrons. The van der Waals surface area contributed by atoms with Gasteiger partial charge < -0.3 is 4.74 Å². The minimum Gasteiger partial charge on any atom is -0.488 e. The molecule has 0 aliphatic heterocycles. The Morgan fingerprint density at radius 2 is 1.81 bits per heavy atom. The number of ether oxygens (including phenoxy) is 1. The Balaban J connectivity index is 1.37. The Labute approximate surface area is 188 Å². The van der Waals surface area contributed by atoms with E-state index in [1.165, 1.54) is 24.1 Å². The predicted octanol–water partition coefficient (Wildman–Crippen LogP) is 5.26. The van der Waals surface area contributed by atoms with Gasteiger partial charge in [0, 0.05) is 28.6 Å². The molecule has 0 bridgehead atoms. The van der Waals surface area contributed by atoms with Crippen LogP contribution in [0.25, 0.3) is 22.5 Å². The summed E-state index contributed by atoms with van der Waals surface area (Å²) >= 11 is 0. The number of nitrogens with zero attached hydrogens (tertiary/aromatic N) is 4. The fraction of sp³-hybridized carbons (Fsp3) is 0.308. The van der Waals surface area contributed by atoms with Gasteiger partial charge in [0.15, 0.2) is 0 Å². The number of rotatable bonds is 6. The fourth-order valence-corrected chi connectivity index (χ4v) is 4.34. The third-order valence-corrected chi connectivity index (χ3v) is 6.10. The number of pyridine rings is 1. The van der Waals surface area contributed by atoms with Gasteiger partial charge in [0.2, 0.25) is 5.82 Å². The van der Waals surface area contributed by atoms with Crippen LogP contribution >= 0.6 is 0 Å². The van der Waals surface area contributed by atoms with Gasteiger partial charge in [0.1, 0.15) is 12.4 Å². The van der Waals surface area contributed by atoms with Crippen LogP contribution in [-0.2, 0) is 25.9 Å². The van der Waals surface area contributed by atoms with Crippen LogP contribution < -0.4 is 4.74 Å². The molecule has 2 aromatic heterocycles. The summed E-state index contributed by atoms with van der Waals surface area (Å²) in [4.78, 5) is 4.83. The standard InChI is InChI=1S/C26H27N5O/c1-3-20-15-25(22-6-4-5-7-24(22)27-20)32-16-18-9-11-19(12-10-18)21-13-8-17(2)14-23(21)26-28-30-31-29-26/h8-15H,3-7,16H2,1-2H3,(H,28,29,30,31). The van der Waals surface area contributed by atoms with E-state index < -0.39 is 0 Å². The van der Waals surface area contributed by atoms with Crippen molar-refractivity contribution in [3.05, 3.63) is 76.6 Å². The summed E-state index contributed by atoms with van der Waals surface area (Å²) in [6.45, 7) is 4.76. The zero-order chi connectivity index (χ0) is 21.9. The average Bonchev–Trinajstić information content (AvgIpc) is 3.38. The molecule has 1 aliphatic carbocycles. The fourth-order valence-electron chi connectivity index (χ4n) is 4.34. The smallest absolute Gasteiger partial charge is 0.205 e. The molecule has 0 atom stereocenters. The molecule has 1 N–H and O–H groups in total. The van der Waals surface area contributed by atoms with Crippen molar-refractivity contribution in [1.29, 1.82) is 0 Å². The lowest BCUT2D eigenvalue weighted by atomic mass is 9.94. The number of benzene rings is 2. The minimum absolute atomic E-state index is 0.547. The maximum Gasteiger partial charge on any atom is 0.205 e. The van der Waals surface area contributed by atoms with Gasteiger partial charge in [-0.1, -0.05) is 48.9 Å². The van der Waals surface area contributed by atoms with Crippen molar-refractivity contribution in [2.24, 2.45) is 0 Å². The highest BCUT2D eigenvalue weighted by Gasteiger charge is 2.17. The Morgan fingerprint density at radius 1 is 0.969 bits per heavy atom. The van der Waals surface area contributed by atoms with Gasteiger partial charge in [0.05, 0.1) is 0 Å². The van der Waals surface area contributed by atoms with E-state index in [0.29, 0.717) is 12.4 Å². The number of aromatic nitrogens is 5. The van der Waals surface area contributed by atoms with E-state index in [1.54, 1.807) is 0 Å². The third kappa shape index (κ3) is 4.13. The first-order chi connectivity index (χ1) is 15.7. The van der Waals surface area contributed by atoms with Gasteiger partial charge in [0.25, 0.3) is 0 Å². The van der Waals surface area contributed by atoms with Crippen molar-refractivity contribution in [2.45, 2.75) is 52.6 Å². The van der Waals surface area contributed by atoms with Crippen LogP contribution in [0.4, 0.5) is 0 Å². The molecule has 2 heterocycles. The molecule has 6 nitrogen and oxygen atoms in total. The van der Waals surface area contributed by atoms with E-state index >= 15 is 0 Å². The maximum absolute atomic E-state index is 6.30. The summed E-state index contributed by atoms with van der Waals surface area (Å²) in [6.07, 6.45) is 5.49. The maximum atomic E-state index is 6.30. The quantitative estimate of drug-likeness (QED) is 0.456. The molecule has 0 amide bonds. The molecule has 0 spiro atoms. The lowest BCUT2D eigenvalue weighted by molar-refractivity contribution is 0.300. The summed E-state index contributed by atoms with van der Waals surface area (Å²) in [7, 11) is 0. The van der Waals surface area contributed by atoms with Crippen LogP contribution in [0.1, 0.15) is 47.8 Å². The van der Waals surface area contributed by atoms with Gasteiger partial charge >= 0.3 is 0 Å². The van der Waals surface area contributed by atoms with Crippen LogP contribution in [0, 0.1) is 6.92 Å². The molecule has 4 aromatic rings. The molecule has 32 heavy (non-hydrogen) atoms. The first kappa shape index (κ1) is 20.4. The van der Waals surface area contributed by atoms with Crippen molar-refractivity contribution in [3.8, 4) is 28.3 Å². The molecule has 0 saturated heterocycles. The second kappa shape index (κ2) is 8.91. The van der Waals surface area contributed by atoms with Crippen molar-refractivity contribution in [3.63, 3.8) is 0 Å². The molecule has 0 saturated carbocycles. The molecular formula is C26H27N5O. The van der Waals surface area contributed by atoms with Gasteiger partial charge in [-0.05, 0) is 67.0 Å². The van der Waals surface area contributed by atoms with Crippen molar-refractivity contribution >= 4 is 0 Å². The molecule has 6 heteroatoms. The molecule has 162 valence electrons.